The van der Waals surface area contributed by atoms with Gasteiger partial charge >= 0.3 is 0 Å². The van der Waals surface area contributed by atoms with E-state index >= 15 is 0 Å². The Morgan fingerprint density at radius 3 is 1.42 bits per heavy atom. The van der Waals surface area contributed by atoms with E-state index in [0.717, 1.165) is 0 Å². The highest BCUT2D eigenvalue weighted by atomic mass is 14.4. The quantitative estimate of drug-likeness (QED) is 0.129. The molecule has 0 atom stereocenters. The molecular formula is C53H36. The van der Waals surface area contributed by atoms with Crippen molar-refractivity contribution in [2.24, 2.45) is 0 Å². The first-order valence-corrected chi connectivity index (χ1v) is 18.7. The highest BCUT2D eigenvalue weighted by Gasteiger charge is 2.39. The zero-order valence-corrected chi connectivity index (χ0v) is 29.8. The Kier molecular flexibility index (Phi) is 6.40. The summed E-state index contributed by atoms with van der Waals surface area (Å²) in [5.41, 5.74) is 13.0. The monoisotopic (exact) mass is 672 g/mol. The van der Waals surface area contributed by atoms with Gasteiger partial charge in [0.05, 0.1) is 0 Å². The Morgan fingerprint density at radius 1 is 0.283 bits per heavy atom. The van der Waals surface area contributed by atoms with Gasteiger partial charge in [0.15, 0.2) is 0 Å². The van der Waals surface area contributed by atoms with Crippen LogP contribution in [-0.2, 0) is 5.41 Å². The lowest BCUT2D eigenvalue weighted by atomic mass is 9.77. The summed E-state index contributed by atoms with van der Waals surface area (Å²) in [6, 6.07) is 67.6. The summed E-state index contributed by atoms with van der Waals surface area (Å²) >= 11 is 0. The van der Waals surface area contributed by atoms with E-state index in [1.165, 1.54) is 109 Å². The van der Waals surface area contributed by atoms with Crippen LogP contribution in [0.1, 0.15) is 25.0 Å². The minimum Gasteiger partial charge on any atom is -0.0622 e. The van der Waals surface area contributed by atoms with Crippen molar-refractivity contribution in [3.05, 3.63) is 193 Å². The first-order valence-electron chi connectivity index (χ1n) is 18.7. The molecule has 0 radical (unpaired) electrons. The summed E-state index contributed by atoms with van der Waals surface area (Å²) in [6.45, 7) is 4.86. The minimum absolute atomic E-state index is 0.164. The smallest absolute Gasteiger partial charge is 0.0171 e. The van der Waals surface area contributed by atoms with Crippen molar-refractivity contribution in [1.29, 1.82) is 0 Å². The van der Waals surface area contributed by atoms with Gasteiger partial charge in [-0.3, -0.25) is 0 Å². The van der Waals surface area contributed by atoms with Crippen LogP contribution in [-0.4, -0.2) is 0 Å². The third-order valence-corrected chi connectivity index (χ3v) is 12.0. The van der Waals surface area contributed by atoms with Gasteiger partial charge in [-0.2, -0.15) is 0 Å². The molecule has 0 unspecified atom stereocenters. The van der Waals surface area contributed by atoms with Crippen molar-refractivity contribution in [1.82, 2.24) is 0 Å². The van der Waals surface area contributed by atoms with Crippen LogP contribution in [0, 0.1) is 0 Å². The van der Waals surface area contributed by atoms with Crippen LogP contribution < -0.4 is 0 Å². The first-order chi connectivity index (χ1) is 26.1. The van der Waals surface area contributed by atoms with E-state index in [2.05, 4.69) is 196 Å². The fraction of sp³-hybridized carbons (Fsp3) is 0.0566. The highest BCUT2D eigenvalue weighted by molar-refractivity contribution is 6.23. The van der Waals surface area contributed by atoms with E-state index < -0.39 is 0 Å². The molecule has 0 nitrogen and oxygen atoms in total. The molecule has 0 aliphatic heterocycles. The molecule has 0 spiro atoms. The molecule has 0 N–H and O–H groups in total. The number of hydrogen-bond acceptors (Lipinski definition) is 0. The lowest BCUT2D eigenvalue weighted by Gasteiger charge is -2.25. The van der Waals surface area contributed by atoms with E-state index in [0.29, 0.717) is 0 Å². The Balaban J connectivity index is 1.16. The van der Waals surface area contributed by atoms with Crippen LogP contribution >= 0.6 is 0 Å². The van der Waals surface area contributed by atoms with E-state index in [1.807, 2.05) is 0 Å². The largest absolute Gasteiger partial charge is 0.0622 e. The van der Waals surface area contributed by atoms with Gasteiger partial charge in [-0.25, -0.2) is 0 Å². The van der Waals surface area contributed by atoms with E-state index in [9.17, 15) is 0 Å². The summed E-state index contributed by atoms with van der Waals surface area (Å²) in [4.78, 5) is 0. The van der Waals surface area contributed by atoms with Gasteiger partial charge in [0.25, 0.3) is 0 Å². The lowest BCUT2D eigenvalue weighted by molar-refractivity contribution is 0.672. The van der Waals surface area contributed by atoms with E-state index in [4.69, 9.17) is 0 Å². The molecule has 0 bridgehead atoms. The fourth-order valence-corrected chi connectivity index (χ4v) is 9.86. The molecule has 0 fully saturated rings. The molecule has 0 heterocycles. The second-order valence-corrected chi connectivity index (χ2v) is 15.1. The maximum absolute atomic E-state index is 2.44. The summed E-state index contributed by atoms with van der Waals surface area (Å²) in [7, 11) is 0. The molecule has 248 valence electrons. The molecular weight excluding hydrogens is 637 g/mol. The van der Waals surface area contributed by atoms with Gasteiger partial charge in [0.1, 0.15) is 0 Å². The van der Waals surface area contributed by atoms with Gasteiger partial charge in [-0.1, -0.05) is 190 Å². The second-order valence-electron chi connectivity index (χ2n) is 15.1. The summed E-state index contributed by atoms with van der Waals surface area (Å²) < 4.78 is 0. The summed E-state index contributed by atoms with van der Waals surface area (Å²) in [5.74, 6) is 0. The third-order valence-electron chi connectivity index (χ3n) is 12.0. The normalized spacial score (nSPS) is 13.2. The molecule has 0 aromatic heterocycles. The van der Waals surface area contributed by atoms with Gasteiger partial charge in [0, 0.05) is 5.41 Å². The van der Waals surface area contributed by atoms with Crippen molar-refractivity contribution in [2.75, 3.05) is 0 Å². The van der Waals surface area contributed by atoms with Gasteiger partial charge in [0.2, 0.25) is 0 Å². The Bertz CT molecular complexity index is 3070. The van der Waals surface area contributed by atoms with Crippen LogP contribution in [0.25, 0.3) is 98.4 Å². The molecule has 1 aliphatic carbocycles. The van der Waals surface area contributed by atoms with Crippen molar-refractivity contribution in [3.63, 3.8) is 0 Å². The van der Waals surface area contributed by atoms with Crippen molar-refractivity contribution in [2.45, 2.75) is 19.3 Å². The average Bonchev–Trinajstić information content (AvgIpc) is 3.47. The van der Waals surface area contributed by atoms with E-state index in [1.54, 1.807) is 0 Å². The SMILES string of the molecule is CC1(C)c2c(ccc3cc(-c4c5ccccc5c(-c5ccccc5-c5ccccc5)c5ccccc45)ccc23)-c2c1c1ccccc1c1ccccc21. The topological polar surface area (TPSA) is 0 Å². The maximum Gasteiger partial charge on any atom is 0.0171 e. The van der Waals surface area contributed by atoms with Crippen LogP contribution in [0.3, 0.4) is 0 Å². The summed E-state index contributed by atoms with van der Waals surface area (Å²) in [5, 5.41) is 13.1. The van der Waals surface area contributed by atoms with Crippen LogP contribution in [0.15, 0.2) is 182 Å². The molecule has 0 amide bonds. The highest BCUT2D eigenvalue weighted by Crippen LogP contribution is 2.57. The van der Waals surface area contributed by atoms with E-state index in [-0.39, 0.29) is 5.41 Å². The van der Waals surface area contributed by atoms with Crippen LogP contribution in [0.2, 0.25) is 0 Å². The summed E-state index contributed by atoms with van der Waals surface area (Å²) in [6.07, 6.45) is 0. The lowest BCUT2D eigenvalue weighted by Crippen LogP contribution is -2.16. The number of hydrogen-bond donors (Lipinski definition) is 0. The fourth-order valence-electron chi connectivity index (χ4n) is 9.86. The van der Waals surface area contributed by atoms with Gasteiger partial charge < -0.3 is 0 Å². The molecule has 10 aromatic carbocycles. The van der Waals surface area contributed by atoms with Crippen LogP contribution in [0.5, 0.6) is 0 Å². The van der Waals surface area contributed by atoms with Crippen LogP contribution in [0.4, 0.5) is 0 Å². The van der Waals surface area contributed by atoms with Crippen molar-refractivity contribution < 1.29 is 0 Å². The standard InChI is InChI=1S/C53H36/c1-53(2)51-37-30-29-35(32-34(37)28-31-47(51)50-41-22-10-7-19-38(41)39-20-8-15-27-46(39)52(50)53)48-42-23-11-13-25-44(42)49(45-26-14-12-24-43(45)48)40-21-9-6-18-36(40)33-16-4-3-5-17-33/h3-32H,1-2H3. The molecule has 0 saturated heterocycles. The van der Waals surface area contributed by atoms with Crippen molar-refractivity contribution >= 4 is 53.9 Å². The average molecular weight is 673 g/mol. The van der Waals surface area contributed by atoms with Crippen molar-refractivity contribution in [3.8, 4) is 44.5 Å². The molecule has 0 heteroatoms. The number of benzene rings is 10. The zero-order valence-electron chi connectivity index (χ0n) is 29.8. The van der Waals surface area contributed by atoms with Gasteiger partial charge in [-0.15, -0.1) is 0 Å². The Hall–Kier alpha value is -6.50. The minimum atomic E-state index is -0.164. The Morgan fingerprint density at radius 2 is 0.774 bits per heavy atom. The van der Waals surface area contributed by atoms with Gasteiger partial charge in [-0.05, 0) is 116 Å². The molecule has 0 saturated carbocycles. The number of fused-ring (bicyclic) bond motifs is 12. The third kappa shape index (κ3) is 4.24. The predicted molar refractivity (Wildman–Crippen MR) is 228 cm³/mol. The molecule has 11 rings (SSSR count). The zero-order chi connectivity index (χ0) is 35.3. The molecule has 10 aromatic rings. The number of rotatable bonds is 3. The Labute approximate surface area is 309 Å². The predicted octanol–water partition coefficient (Wildman–Crippen LogP) is 14.8. The molecule has 53 heavy (non-hydrogen) atoms. The second kappa shape index (κ2) is 11.2. The first kappa shape index (κ1) is 30.2. The molecule has 1 aliphatic rings. The maximum atomic E-state index is 2.44.